The fraction of sp³-hybridized carbons (Fsp3) is 0. The Labute approximate surface area is 162 Å². The fourth-order valence-electron chi connectivity index (χ4n) is 2.40. The molecular weight excluding hydrogens is 443 g/mol. The molecule has 0 spiro atoms. The van der Waals surface area contributed by atoms with E-state index in [0.717, 1.165) is 12.1 Å². The lowest BCUT2D eigenvalue weighted by molar-refractivity contribution is 0.481. The second-order valence-corrected chi connectivity index (χ2v) is 8.49. The van der Waals surface area contributed by atoms with Crippen LogP contribution in [0.3, 0.4) is 0 Å². The molecule has 0 aliphatic rings. The number of nitrogens with one attached hydrogen (secondary N) is 1. The molecule has 0 radical (unpaired) electrons. The Morgan fingerprint density at radius 1 is 0.815 bits per heavy atom. The molecule has 0 aliphatic heterocycles. The van der Waals surface area contributed by atoms with E-state index in [1.807, 2.05) is 0 Å². The first kappa shape index (κ1) is 19.7. The maximum Gasteiger partial charge on any atom is 0.297 e. The zero-order chi connectivity index (χ0) is 20.0. The van der Waals surface area contributed by atoms with Crippen LogP contribution in [0.1, 0.15) is 0 Å². The van der Waals surface area contributed by atoms with Gasteiger partial charge in [0.1, 0.15) is 9.79 Å². The quantitative estimate of drug-likeness (QED) is 0.503. The lowest BCUT2D eigenvalue weighted by atomic mass is 10.1. The van der Waals surface area contributed by atoms with E-state index < -0.39 is 30.0 Å². The summed E-state index contributed by atoms with van der Waals surface area (Å²) in [6.07, 6.45) is 0. The van der Waals surface area contributed by atoms with E-state index in [1.54, 1.807) is 0 Å². The van der Waals surface area contributed by atoms with Crippen LogP contribution in [0.4, 0.5) is 11.6 Å². The van der Waals surface area contributed by atoms with Gasteiger partial charge in [-0.2, -0.15) is 31.8 Å². The summed E-state index contributed by atoms with van der Waals surface area (Å²) in [5.41, 5.74) is -0.184. The Morgan fingerprint density at radius 2 is 1.44 bits per heavy atom. The second-order valence-electron chi connectivity index (χ2n) is 5.07. The van der Waals surface area contributed by atoms with Gasteiger partial charge in [0.25, 0.3) is 20.2 Å². The number of hydrogen-bond donors (Lipinski definition) is 3. The Hall–Kier alpha value is -2.09. The maximum atomic E-state index is 12.0. The first-order chi connectivity index (χ1) is 12.5. The van der Waals surface area contributed by atoms with Crippen LogP contribution in [0.2, 0.25) is 10.6 Å². The van der Waals surface area contributed by atoms with Crippen LogP contribution in [0.25, 0.3) is 10.8 Å². The molecule has 0 saturated heterocycles. The average molecular weight is 451 g/mol. The minimum Gasteiger partial charge on any atom is -0.323 e. The van der Waals surface area contributed by atoms with Gasteiger partial charge >= 0.3 is 0 Å². The molecule has 0 aliphatic carbocycles. The van der Waals surface area contributed by atoms with Crippen molar-refractivity contribution in [3.8, 4) is 0 Å². The lowest BCUT2D eigenvalue weighted by Crippen LogP contribution is -2.08. The minimum absolute atomic E-state index is 0.120. The third-order valence-corrected chi connectivity index (χ3v) is 5.54. The summed E-state index contributed by atoms with van der Waals surface area (Å²) in [7, 11) is -9.48. The van der Waals surface area contributed by atoms with Gasteiger partial charge in [0.05, 0.1) is 5.69 Å². The van der Waals surface area contributed by atoms with Gasteiger partial charge in [0, 0.05) is 10.8 Å². The van der Waals surface area contributed by atoms with Crippen LogP contribution >= 0.6 is 23.2 Å². The third kappa shape index (κ3) is 4.10. The Bertz CT molecular complexity index is 1260. The lowest BCUT2D eigenvalue weighted by Gasteiger charge is -2.13. The molecule has 3 rings (SSSR count). The average Bonchev–Trinajstić information content (AvgIpc) is 2.50. The smallest absolute Gasteiger partial charge is 0.297 e. The first-order valence-electron chi connectivity index (χ1n) is 6.81. The van der Waals surface area contributed by atoms with Crippen molar-refractivity contribution in [3.05, 3.63) is 40.9 Å². The molecule has 0 saturated carbocycles. The third-order valence-electron chi connectivity index (χ3n) is 3.34. The number of rotatable bonds is 4. The van der Waals surface area contributed by atoms with Gasteiger partial charge in [-0.15, -0.1) is 0 Å². The molecule has 0 fully saturated rings. The Kier molecular flexibility index (Phi) is 4.96. The summed E-state index contributed by atoms with van der Waals surface area (Å²) in [4.78, 5) is 9.81. The highest BCUT2D eigenvalue weighted by Gasteiger charge is 2.24. The highest BCUT2D eigenvalue weighted by molar-refractivity contribution is 7.86. The van der Waals surface area contributed by atoms with E-state index in [1.165, 1.54) is 18.2 Å². The predicted octanol–water partition coefficient (Wildman–Crippen LogP) is 2.57. The molecule has 0 unspecified atom stereocenters. The molecule has 142 valence electrons. The van der Waals surface area contributed by atoms with E-state index in [0.29, 0.717) is 0 Å². The summed E-state index contributed by atoms with van der Waals surface area (Å²) in [5.74, 6) is -0.213. The molecule has 1 aromatic heterocycles. The van der Waals surface area contributed by atoms with Crippen molar-refractivity contribution in [2.24, 2.45) is 0 Å². The van der Waals surface area contributed by atoms with Gasteiger partial charge < -0.3 is 5.32 Å². The monoisotopic (exact) mass is 450 g/mol. The second kappa shape index (κ2) is 6.82. The van der Waals surface area contributed by atoms with Crippen molar-refractivity contribution >= 4 is 65.8 Å². The van der Waals surface area contributed by atoms with E-state index >= 15 is 0 Å². The Morgan fingerprint density at radius 3 is 2.00 bits per heavy atom. The van der Waals surface area contributed by atoms with E-state index in [9.17, 15) is 25.9 Å². The van der Waals surface area contributed by atoms with Crippen molar-refractivity contribution in [1.29, 1.82) is 0 Å². The number of anilines is 2. The molecule has 0 amide bonds. The van der Waals surface area contributed by atoms with E-state index in [-0.39, 0.29) is 33.0 Å². The molecular formula is C13H8Cl2N4O6S2. The number of aromatic nitrogens is 3. The van der Waals surface area contributed by atoms with Gasteiger partial charge in [0.2, 0.25) is 16.5 Å². The molecule has 1 heterocycles. The zero-order valence-corrected chi connectivity index (χ0v) is 16.0. The zero-order valence-electron chi connectivity index (χ0n) is 12.8. The standard InChI is InChI=1S/C13H8Cl2N4O6S2/c14-11-17-12(15)19-13(18-11)16-8-5-4-6-7(10(8)27(23,24)25)2-1-3-9(6)26(20,21)22/h1-5H,(H,20,21,22)(H,23,24,25)(H,16,17,18,19). The molecule has 3 aromatic rings. The number of benzene rings is 2. The number of fused-ring (bicyclic) bond motifs is 1. The highest BCUT2D eigenvalue weighted by Crippen LogP contribution is 2.34. The van der Waals surface area contributed by atoms with Gasteiger partial charge in [0.15, 0.2) is 0 Å². The van der Waals surface area contributed by atoms with Crippen LogP contribution in [0.5, 0.6) is 0 Å². The molecule has 10 nitrogen and oxygen atoms in total. The topological polar surface area (TPSA) is 159 Å². The largest absolute Gasteiger partial charge is 0.323 e. The summed E-state index contributed by atoms with van der Waals surface area (Å²) in [5, 5.41) is 1.72. The van der Waals surface area contributed by atoms with Gasteiger partial charge in [-0.1, -0.05) is 18.2 Å². The normalized spacial score (nSPS) is 12.3. The van der Waals surface area contributed by atoms with Crippen molar-refractivity contribution in [1.82, 2.24) is 15.0 Å². The van der Waals surface area contributed by atoms with Crippen molar-refractivity contribution in [2.45, 2.75) is 9.79 Å². The van der Waals surface area contributed by atoms with E-state index in [4.69, 9.17) is 23.2 Å². The summed E-state index contributed by atoms with van der Waals surface area (Å²) < 4.78 is 66.0. The van der Waals surface area contributed by atoms with Gasteiger partial charge in [-0.3, -0.25) is 9.11 Å². The summed E-state index contributed by atoms with van der Waals surface area (Å²) in [6, 6.07) is 5.95. The predicted molar refractivity (Wildman–Crippen MR) is 96.7 cm³/mol. The minimum atomic E-state index is -4.84. The molecule has 3 N–H and O–H groups in total. The molecule has 2 aromatic carbocycles. The summed E-state index contributed by atoms with van der Waals surface area (Å²) >= 11 is 11.3. The molecule has 27 heavy (non-hydrogen) atoms. The Balaban J connectivity index is 2.31. The maximum absolute atomic E-state index is 12.0. The fourth-order valence-corrected chi connectivity index (χ4v) is 4.33. The SMILES string of the molecule is O=S(=O)(O)c1cccc2c(S(=O)(=O)O)c(Nc3nc(Cl)nc(Cl)n3)ccc12. The number of halogens is 2. The van der Waals surface area contributed by atoms with Crippen LogP contribution < -0.4 is 5.32 Å². The molecule has 0 atom stereocenters. The van der Waals surface area contributed by atoms with Crippen molar-refractivity contribution < 1.29 is 25.9 Å². The van der Waals surface area contributed by atoms with Crippen molar-refractivity contribution in [3.63, 3.8) is 0 Å². The van der Waals surface area contributed by atoms with Crippen LogP contribution in [-0.2, 0) is 20.2 Å². The summed E-state index contributed by atoms with van der Waals surface area (Å²) in [6.45, 7) is 0. The highest BCUT2D eigenvalue weighted by atomic mass is 35.5. The van der Waals surface area contributed by atoms with Crippen molar-refractivity contribution in [2.75, 3.05) is 5.32 Å². The molecule has 14 heteroatoms. The molecule has 0 bridgehead atoms. The van der Waals surface area contributed by atoms with Gasteiger partial charge in [-0.05, 0) is 35.3 Å². The van der Waals surface area contributed by atoms with E-state index in [2.05, 4.69) is 20.3 Å². The first-order valence-corrected chi connectivity index (χ1v) is 10.5. The van der Waals surface area contributed by atoms with Crippen LogP contribution in [-0.4, -0.2) is 40.9 Å². The van der Waals surface area contributed by atoms with Crippen LogP contribution in [0, 0.1) is 0 Å². The van der Waals surface area contributed by atoms with Crippen LogP contribution in [0.15, 0.2) is 40.1 Å². The number of nitrogens with zero attached hydrogens (tertiary/aromatic N) is 3. The number of hydrogen-bond acceptors (Lipinski definition) is 8. The van der Waals surface area contributed by atoms with Gasteiger partial charge in [-0.25, -0.2) is 0 Å².